The molecule has 1 saturated heterocycles. The second-order valence-electron chi connectivity index (χ2n) is 4.07. The number of carbonyl (C=O) groups excluding carboxylic acids is 1. The second kappa shape index (κ2) is 5.05. The monoisotopic (exact) mass is 237 g/mol. The maximum Gasteiger partial charge on any atom is 0.342 e. The van der Waals surface area contributed by atoms with Crippen LogP contribution in [0, 0.1) is 5.92 Å². The van der Waals surface area contributed by atoms with Crippen molar-refractivity contribution >= 4 is 11.7 Å². The van der Waals surface area contributed by atoms with Gasteiger partial charge in [-0.2, -0.15) is 0 Å². The lowest BCUT2D eigenvalue weighted by Crippen LogP contribution is -2.14. The van der Waals surface area contributed by atoms with Crippen molar-refractivity contribution in [1.29, 1.82) is 0 Å². The number of ether oxygens (including phenoxy) is 2. The molecule has 1 aliphatic rings. The summed E-state index contributed by atoms with van der Waals surface area (Å²) in [6, 6.07) is 4.61. The number of carbonyl (C=O) groups is 1. The minimum Gasteiger partial charge on any atom is -0.505 e. The Morgan fingerprint density at radius 1 is 1.59 bits per heavy atom. The first-order chi connectivity index (χ1) is 8.18. The van der Waals surface area contributed by atoms with Gasteiger partial charge in [0.1, 0.15) is 5.56 Å². The van der Waals surface area contributed by atoms with E-state index >= 15 is 0 Å². The Labute approximate surface area is 99.1 Å². The molecule has 3 N–H and O–H groups in total. The number of para-hydroxylation sites is 1. The number of rotatable bonds is 3. The number of phenolic OH excluding ortho intramolecular Hbond substituents is 1. The molecule has 1 unspecified atom stereocenters. The van der Waals surface area contributed by atoms with Crippen molar-refractivity contribution in [3.63, 3.8) is 0 Å². The molecule has 0 radical (unpaired) electrons. The lowest BCUT2D eigenvalue weighted by Gasteiger charge is -2.10. The van der Waals surface area contributed by atoms with E-state index in [0.29, 0.717) is 19.8 Å². The lowest BCUT2D eigenvalue weighted by molar-refractivity contribution is 0.0425. The van der Waals surface area contributed by atoms with Gasteiger partial charge in [0.2, 0.25) is 0 Å². The molecule has 1 aromatic rings. The van der Waals surface area contributed by atoms with Crippen LogP contribution in [0.25, 0.3) is 0 Å². The number of nitrogen functional groups attached to an aromatic ring is 1. The van der Waals surface area contributed by atoms with Gasteiger partial charge in [0, 0.05) is 12.5 Å². The first-order valence-corrected chi connectivity index (χ1v) is 5.51. The molecule has 1 aromatic carbocycles. The number of benzene rings is 1. The molecule has 1 heterocycles. The van der Waals surface area contributed by atoms with Crippen molar-refractivity contribution in [3.05, 3.63) is 23.8 Å². The van der Waals surface area contributed by atoms with Gasteiger partial charge in [-0.15, -0.1) is 0 Å². The van der Waals surface area contributed by atoms with E-state index < -0.39 is 5.97 Å². The number of anilines is 1. The highest BCUT2D eigenvalue weighted by atomic mass is 16.5. The number of esters is 1. The van der Waals surface area contributed by atoms with Crippen molar-refractivity contribution < 1.29 is 19.4 Å². The minimum absolute atomic E-state index is 0.101. The summed E-state index contributed by atoms with van der Waals surface area (Å²) in [6.45, 7) is 1.65. The third kappa shape index (κ3) is 2.68. The average Bonchev–Trinajstić information content (AvgIpc) is 2.82. The number of hydrogen-bond donors (Lipinski definition) is 2. The molecule has 92 valence electrons. The molecule has 0 amide bonds. The van der Waals surface area contributed by atoms with E-state index in [1.165, 1.54) is 12.1 Å². The van der Waals surface area contributed by atoms with Crippen LogP contribution in [0.15, 0.2) is 18.2 Å². The zero-order chi connectivity index (χ0) is 12.3. The highest BCUT2D eigenvalue weighted by Crippen LogP contribution is 2.25. The molecule has 0 spiro atoms. The van der Waals surface area contributed by atoms with E-state index in [0.717, 1.165) is 6.42 Å². The summed E-state index contributed by atoms with van der Waals surface area (Å²) in [5.41, 5.74) is 5.77. The Bertz CT molecular complexity index is 413. The van der Waals surface area contributed by atoms with E-state index in [4.69, 9.17) is 15.2 Å². The molecule has 5 heteroatoms. The van der Waals surface area contributed by atoms with Crippen LogP contribution < -0.4 is 5.73 Å². The molecule has 1 aliphatic heterocycles. The first kappa shape index (κ1) is 11.7. The van der Waals surface area contributed by atoms with E-state index in [1.807, 2.05) is 0 Å². The molecule has 5 nitrogen and oxygen atoms in total. The SMILES string of the molecule is Nc1cccc(C(=O)OCC2CCOC2)c1O. The predicted octanol–water partition coefficient (Wildman–Crippen LogP) is 1.17. The van der Waals surface area contributed by atoms with Gasteiger partial charge >= 0.3 is 5.97 Å². The topological polar surface area (TPSA) is 81.8 Å². The Balaban J connectivity index is 1.97. The van der Waals surface area contributed by atoms with Crippen LogP contribution in [-0.4, -0.2) is 30.9 Å². The van der Waals surface area contributed by atoms with Gasteiger partial charge in [0.25, 0.3) is 0 Å². The van der Waals surface area contributed by atoms with Gasteiger partial charge in [-0.25, -0.2) is 4.79 Å². The predicted molar refractivity (Wildman–Crippen MR) is 61.7 cm³/mol. The van der Waals surface area contributed by atoms with E-state index in [-0.39, 0.29) is 22.9 Å². The van der Waals surface area contributed by atoms with Crippen molar-refractivity contribution in [2.75, 3.05) is 25.6 Å². The average molecular weight is 237 g/mol. The fourth-order valence-electron chi connectivity index (χ4n) is 1.71. The van der Waals surface area contributed by atoms with Crippen LogP contribution in [-0.2, 0) is 9.47 Å². The summed E-state index contributed by atoms with van der Waals surface area (Å²) in [5, 5.41) is 9.61. The fourth-order valence-corrected chi connectivity index (χ4v) is 1.71. The van der Waals surface area contributed by atoms with Gasteiger partial charge in [0.05, 0.1) is 18.9 Å². The van der Waals surface area contributed by atoms with Crippen LogP contribution in [0.3, 0.4) is 0 Å². The molecule has 0 bridgehead atoms. The zero-order valence-corrected chi connectivity index (χ0v) is 9.39. The van der Waals surface area contributed by atoms with Crippen LogP contribution in [0.1, 0.15) is 16.8 Å². The summed E-state index contributed by atoms with van der Waals surface area (Å²) >= 11 is 0. The van der Waals surface area contributed by atoms with E-state index in [1.54, 1.807) is 6.07 Å². The Kier molecular flexibility index (Phi) is 3.49. The van der Waals surface area contributed by atoms with Crippen molar-refractivity contribution in [3.8, 4) is 5.75 Å². The summed E-state index contributed by atoms with van der Waals surface area (Å²) < 4.78 is 10.3. The van der Waals surface area contributed by atoms with Gasteiger partial charge in [-0.1, -0.05) is 6.07 Å². The van der Waals surface area contributed by atoms with Gasteiger partial charge < -0.3 is 20.3 Å². The Hall–Kier alpha value is -1.75. The van der Waals surface area contributed by atoms with Crippen LogP contribution in [0.2, 0.25) is 0 Å². The normalized spacial score (nSPS) is 19.2. The highest BCUT2D eigenvalue weighted by molar-refractivity contribution is 5.94. The van der Waals surface area contributed by atoms with E-state index in [2.05, 4.69) is 0 Å². The molecule has 2 rings (SSSR count). The Morgan fingerprint density at radius 2 is 2.41 bits per heavy atom. The molecular weight excluding hydrogens is 222 g/mol. The van der Waals surface area contributed by atoms with Crippen LogP contribution in [0.5, 0.6) is 5.75 Å². The van der Waals surface area contributed by atoms with Gasteiger partial charge in [0.15, 0.2) is 5.75 Å². The summed E-state index contributed by atoms with van der Waals surface area (Å²) in [5.74, 6) is -0.524. The molecule has 1 fully saturated rings. The summed E-state index contributed by atoms with van der Waals surface area (Å²) in [4.78, 5) is 11.7. The number of phenols is 1. The number of nitrogens with two attached hydrogens (primary N) is 1. The largest absolute Gasteiger partial charge is 0.505 e. The third-order valence-corrected chi connectivity index (χ3v) is 2.76. The minimum atomic E-state index is -0.554. The standard InChI is InChI=1S/C12H15NO4/c13-10-3-1-2-9(11(10)14)12(15)17-7-8-4-5-16-6-8/h1-3,8,14H,4-7,13H2. The van der Waals surface area contributed by atoms with Gasteiger partial charge in [-0.3, -0.25) is 0 Å². The van der Waals surface area contributed by atoms with Crippen molar-refractivity contribution in [2.24, 2.45) is 5.92 Å². The summed E-state index contributed by atoms with van der Waals surface area (Å²) in [7, 11) is 0. The van der Waals surface area contributed by atoms with E-state index in [9.17, 15) is 9.90 Å². The molecule has 17 heavy (non-hydrogen) atoms. The lowest BCUT2D eigenvalue weighted by atomic mass is 10.1. The maximum absolute atomic E-state index is 11.7. The van der Waals surface area contributed by atoms with Crippen LogP contribution >= 0.6 is 0 Å². The first-order valence-electron chi connectivity index (χ1n) is 5.51. The second-order valence-corrected chi connectivity index (χ2v) is 4.07. The smallest absolute Gasteiger partial charge is 0.342 e. The van der Waals surface area contributed by atoms with Gasteiger partial charge in [-0.05, 0) is 18.6 Å². The zero-order valence-electron chi connectivity index (χ0n) is 9.39. The molecule has 0 aliphatic carbocycles. The van der Waals surface area contributed by atoms with Crippen molar-refractivity contribution in [1.82, 2.24) is 0 Å². The molecule has 1 atom stereocenters. The molecule has 0 saturated carbocycles. The highest BCUT2D eigenvalue weighted by Gasteiger charge is 2.20. The maximum atomic E-state index is 11.7. The summed E-state index contributed by atoms with van der Waals surface area (Å²) in [6.07, 6.45) is 0.899. The fraction of sp³-hybridized carbons (Fsp3) is 0.417. The molecule has 0 aromatic heterocycles. The van der Waals surface area contributed by atoms with Crippen LogP contribution in [0.4, 0.5) is 5.69 Å². The quantitative estimate of drug-likeness (QED) is 0.468. The van der Waals surface area contributed by atoms with Crippen molar-refractivity contribution in [2.45, 2.75) is 6.42 Å². The number of aromatic hydroxyl groups is 1. The Morgan fingerprint density at radius 3 is 3.12 bits per heavy atom. The number of hydrogen-bond acceptors (Lipinski definition) is 5. The third-order valence-electron chi connectivity index (χ3n) is 2.76. The molecular formula is C12H15NO4.